The van der Waals surface area contributed by atoms with E-state index in [0.717, 1.165) is 24.8 Å². The Balaban J connectivity index is 0.000000696. The molecule has 0 spiro atoms. The molecule has 4 aliphatic carbocycles. The van der Waals surface area contributed by atoms with E-state index in [1.807, 2.05) is 6.08 Å². The third kappa shape index (κ3) is 7.24. The minimum absolute atomic E-state index is 0.000938. The molecule has 0 heterocycles. The van der Waals surface area contributed by atoms with Crippen molar-refractivity contribution in [3.05, 3.63) is 33.9 Å². The first kappa shape index (κ1) is 32.0. The summed E-state index contributed by atoms with van der Waals surface area (Å²) < 4.78 is 13.8. The number of aliphatic hydroxyl groups excluding tert-OH is 1. The summed E-state index contributed by atoms with van der Waals surface area (Å²) in [6, 6.07) is 0. The van der Waals surface area contributed by atoms with Crippen molar-refractivity contribution in [2.75, 3.05) is 26.4 Å². The van der Waals surface area contributed by atoms with Gasteiger partial charge in [-0.15, -0.1) is 10.1 Å². The van der Waals surface area contributed by atoms with Crippen molar-refractivity contribution >= 4 is 23.9 Å². The van der Waals surface area contributed by atoms with Crippen molar-refractivity contribution in [1.29, 1.82) is 0 Å². The molecule has 0 aromatic carbocycles. The van der Waals surface area contributed by atoms with E-state index < -0.39 is 35.5 Å². The van der Waals surface area contributed by atoms with Gasteiger partial charge >= 0.3 is 12.3 Å². The maximum absolute atomic E-state index is 13.1. The van der Waals surface area contributed by atoms with Crippen molar-refractivity contribution in [1.82, 2.24) is 0 Å². The number of aliphatic hydroxyl groups is 1. The summed E-state index contributed by atoms with van der Waals surface area (Å²) in [5.74, 6) is 0.0135. The number of rotatable bonds is 9. The second kappa shape index (κ2) is 13.5. The Morgan fingerprint density at radius 3 is 2.49 bits per heavy atom. The van der Waals surface area contributed by atoms with Crippen LogP contribution in [-0.2, 0) is 28.6 Å². The van der Waals surface area contributed by atoms with Gasteiger partial charge in [0.25, 0.3) is 5.09 Å². The fourth-order valence-electron chi connectivity index (χ4n) is 7.60. The van der Waals surface area contributed by atoms with E-state index in [4.69, 9.17) is 14.6 Å². The Labute approximate surface area is 237 Å². The zero-order valence-corrected chi connectivity index (χ0v) is 23.6. The monoisotopic (exact) mass is 581 g/mol. The lowest BCUT2D eigenvalue weighted by atomic mass is 9.46. The molecule has 0 bridgehead atoms. The number of carboxylic acid groups (broad SMARTS) is 1. The Morgan fingerprint density at radius 1 is 1.12 bits per heavy atom. The van der Waals surface area contributed by atoms with Crippen LogP contribution in [0.25, 0.3) is 0 Å². The lowest BCUT2D eigenvalue weighted by molar-refractivity contribution is -0.757. The highest BCUT2D eigenvalue weighted by Crippen LogP contribution is 2.66. The molecule has 41 heavy (non-hydrogen) atoms. The first-order valence-electron chi connectivity index (χ1n) is 13.9. The maximum atomic E-state index is 13.1. The van der Waals surface area contributed by atoms with Crippen LogP contribution in [0.3, 0.4) is 0 Å². The predicted octanol–water partition coefficient (Wildman–Crippen LogP) is 3.90. The molecule has 0 amide bonds. The predicted molar refractivity (Wildman–Crippen MR) is 141 cm³/mol. The Bertz CT molecular complexity index is 1090. The average molecular weight is 582 g/mol. The lowest BCUT2D eigenvalue weighted by Gasteiger charge is -2.58. The molecule has 0 radical (unpaired) electrons. The van der Waals surface area contributed by atoms with Crippen LogP contribution in [0.2, 0.25) is 0 Å². The maximum Gasteiger partial charge on any atom is 0.508 e. The topological polar surface area (TPSA) is 189 Å². The number of ether oxygens (including phenoxy) is 3. The van der Waals surface area contributed by atoms with Gasteiger partial charge in [0.05, 0.1) is 25.9 Å². The number of ketones is 2. The van der Waals surface area contributed by atoms with Crippen molar-refractivity contribution < 1.29 is 53.5 Å². The summed E-state index contributed by atoms with van der Waals surface area (Å²) in [5, 5.41) is 28.2. The molecule has 0 aliphatic heterocycles. The molecule has 0 aromatic heterocycles. The fraction of sp³-hybridized carbons (Fsp3) is 0.714. The number of carbonyl (C=O) groups excluding carboxylic acids is 3. The molecule has 228 valence electrons. The number of Topliss-reactive ketones (excluding diaryl/α,β-unsaturated/α-hetero) is 1. The van der Waals surface area contributed by atoms with Crippen LogP contribution >= 0.6 is 0 Å². The first-order chi connectivity index (χ1) is 19.3. The Hall–Kier alpha value is -3.48. The van der Waals surface area contributed by atoms with Gasteiger partial charge in [-0.3, -0.25) is 9.59 Å². The largest absolute Gasteiger partial charge is 0.508 e. The van der Waals surface area contributed by atoms with E-state index >= 15 is 0 Å². The summed E-state index contributed by atoms with van der Waals surface area (Å²) in [5.41, 5.74) is 0.352. The summed E-state index contributed by atoms with van der Waals surface area (Å²) in [4.78, 5) is 60.4. The van der Waals surface area contributed by atoms with Gasteiger partial charge in [-0.05, 0) is 68.4 Å². The minimum atomic E-state index is -1.21. The molecule has 0 saturated heterocycles. The molecule has 13 nitrogen and oxygen atoms in total. The molecule has 7 unspecified atom stereocenters. The third-order valence-electron chi connectivity index (χ3n) is 9.19. The zero-order valence-electron chi connectivity index (χ0n) is 23.6. The van der Waals surface area contributed by atoms with Crippen LogP contribution in [-0.4, -0.2) is 71.7 Å². The summed E-state index contributed by atoms with van der Waals surface area (Å²) in [7, 11) is 0. The Morgan fingerprint density at radius 2 is 1.85 bits per heavy atom. The number of carbonyl (C=O) groups is 4. The van der Waals surface area contributed by atoms with Gasteiger partial charge in [0.1, 0.15) is 0 Å². The van der Waals surface area contributed by atoms with Crippen LogP contribution in [0.4, 0.5) is 9.59 Å². The highest BCUT2D eigenvalue weighted by Gasteiger charge is 2.62. The van der Waals surface area contributed by atoms with Gasteiger partial charge in [0.2, 0.25) is 0 Å². The molecular formula is C28H39NO12. The first-order valence-corrected chi connectivity index (χ1v) is 13.9. The van der Waals surface area contributed by atoms with Gasteiger partial charge in [0, 0.05) is 23.7 Å². The molecule has 2 N–H and O–H groups in total. The number of fused-ring (bicyclic) bond motifs is 5. The van der Waals surface area contributed by atoms with Gasteiger partial charge < -0.3 is 29.3 Å². The van der Waals surface area contributed by atoms with E-state index in [2.05, 4.69) is 23.4 Å². The number of hydrogen-bond donors (Lipinski definition) is 2. The van der Waals surface area contributed by atoms with Crippen molar-refractivity contribution in [2.45, 2.75) is 65.4 Å². The highest BCUT2D eigenvalue weighted by atomic mass is 16.9. The summed E-state index contributed by atoms with van der Waals surface area (Å²) >= 11 is 0. The van der Waals surface area contributed by atoms with E-state index in [1.54, 1.807) is 19.1 Å². The average Bonchev–Trinajstić information content (AvgIpc) is 3.24. The molecule has 7 atom stereocenters. The molecule has 0 aromatic rings. The van der Waals surface area contributed by atoms with Crippen LogP contribution < -0.4 is 0 Å². The van der Waals surface area contributed by atoms with Gasteiger partial charge in [0.15, 0.2) is 18.2 Å². The molecule has 13 heteroatoms. The van der Waals surface area contributed by atoms with Crippen molar-refractivity contribution in [3.63, 3.8) is 0 Å². The molecular weight excluding hydrogens is 542 g/mol. The van der Waals surface area contributed by atoms with Gasteiger partial charge in [-0.25, -0.2) is 9.59 Å². The van der Waals surface area contributed by atoms with Crippen molar-refractivity contribution in [2.24, 2.45) is 34.5 Å². The smallest absolute Gasteiger partial charge is 0.450 e. The normalized spacial score (nSPS) is 33.0. The van der Waals surface area contributed by atoms with E-state index in [-0.39, 0.29) is 66.9 Å². The standard InChI is InChI=1S/C25H33NO9.C3H6O3/c1-24-9-8-16(27)12-15(24)4-5-17-18-6-7-19(25(18,2)13-20(28)22(17)24)21(29)14-34-23(30)33-10-3-11-35-26(31)32;1-2-6-3(4)5/h8-9,12,17-20,22,28H,3-7,10-11,13-14H2,1-2H3;2H2,1H3,(H,4,5). The summed E-state index contributed by atoms with van der Waals surface area (Å²) in [6.07, 6.45) is 6.36. The molecule has 4 aliphatic rings. The zero-order chi connectivity index (χ0) is 30.4. The Kier molecular flexibility index (Phi) is 10.5. The second-order valence-electron chi connectivity index (χ2n) is 11.4. The van der Waals surface area contributed by atoms with Crippen LogP contribution in [0.15, 0.2) is 23.8 Å². The second-order valence-corrected chi connectivity index (χ2v) is 11.4. The van der Waals surface area contributed by atoms with E-state index in [0.29, 0.717) is 12.8 Å². The van der Waals surface area contributed by atoms with Gasteiger partial charge in [-0.1, -0.05) is 25.5 Å². The molecule has 3 saturated carbocycles. The van der Waals surface area contributed by atoms with Crippen molar-refractivity contribution in [3.8, 4) is 0 Å². The number of allylic oxidation sites excluding steroid dienone is 4. The number of nitrogens with zero attached hydrogens (tertiary/aromatic N) is 1. The minimum Gasteiger partial charge on any atom is -0.450 e. The van der Waals surface area contributed by atoms with Gasteiger partial charge in [-0.2, -0.15) is 0 Å². The van der Waals surface area contributed by atoms with E-state index in [1.165, 1.54) is 0 Å². The number of hydrogen-bond acceptors (Lipinski definition) is 11. The van der Waals surface area contributed by atoms with Crippen LogP contribution in [0, 0.1) is 44.6 Å². The SMILES string of the molecule is CC12C=CC(=O)C=C1CCC1C2C(O)CC2(C)C(C(=O)COC(=O)OCCCO[N+](=O)[O-])CCC12.CCOC(=O)O. The van der Waals surface area contributed by atoms with Crippen LogP contribution in [0.5, 0.6) is 0 Å². The van der Waals surface area contributed by atoms with E-state index in [9.17, 15) is 34.4 Å². The highest BCUT2D eigenvalue weighted by molar-refractivity contribution is 6.01. The fourth-order valence-corrected chi connectivity index (χ4v) is 7.60. The lowest BCUT2D eigenvalue weighted by Crippen LogP contribution is -2.56. The molecule has 4 rings (SSSR count). The van der Waals surface area contributed by atoms with Crippen LogP contribution in [0.1, 0.15) is 59.3 Å². The summed E-state index contributed by atoms with van der Waals surface area (Å²) in [6.45, 7) is 5.32. The quantitative estimate of drug-likeness (QED) is 0.173. The third-order valence-corrected chi connectivity index (χ3v) is 9.19. The molecule has 3 fully saturated rings.